The van der Waals surface area contributed by atoms with Gasteiger partial charge < -0.3 is 20.6 Å². The van der Waals surface area contributed by atoms with E-state index in [1.807, 2.05) is 73.6 Å². The number of benzene rings is 2. The third-order valence-electron chi connectivity index (χ3n) is 5.12. The molecule has 2 aromatic rings. The highest BCUT2D eigenvalue weighted by molar-refractivity contribution is 5.88. The summed E-state index contributed by atoms with van der Waals surface area (Å²) in [4.78, 5) is 38.6. The van der Waals surface area contributed by atoms with Gasteiger partial charge >= 0.3 is 5.97 Å². The Bertz CT molecular complexity index is 909. The van der Waals surface area contributed by atoms with Crippen LogP contribution < -0.4 is 15.5 Å². The fraction of sp³-hybridized carbons (Fsp3) is 0.400. The van der Waals surface area contributed by atoms with Crippen molar-refractivity contribution < 1.29 is 19.5 Å². The van der Waals surface area contributed by atoms with E-state index in [2.05, 4.69) is 10.6 Å². The van der Waals surface area contributed by atoms with Crippen molar-refractivity contribution in [2.75, 3.05) is 19.0 Å². The van der Waals surface area contributed by atoms with Crippen molar-refractivity contribution in [3.8, 4) is 0 Å². The molecule has 0 saturated carbocycles. The number of carboxylic acid groups (broad SMARTS) is 1. The molecule has 1 atom stereocenters. The van der Waals surface area contributed by atoms with Crippen LogP contribution in [-0.2, 0) is 27.3 Å². The number of carboxylic acids is 1. The topological polar surface area (TPSA) is 98.7 Å². The number of amides is 2. The highest BCUT2D eigenvalue weighted by Gasteiger charge is 2.28. The summed E-state index contributed by atoms with van der Waals surface area (Å²) in [5, 5.41) is 14.8. The smallest absolute Gasteiger partial charge is 0.303 e. The minimum absolute atomic E-state index is 0.0177. The van der Waals surface area contributed by atoms with Crippen LogP contribution in [0.4, 0.5) is 5.69 Å². The summed E-state index contributed by atoms with van der Waals surface area (Å²) in [7, 11) is 3.93. The van der Waals surface area contributed by atoms with E-state index >= 15 is 0 Å². The van der Waals surface area contributed by atoms with Gasteiger partial charge in [0.1, 0.15) is 6.04 Å². The lowest BCUT2D eigenvalue weighted by Crippen LogP contribution is -2.48. The number of rotatable bonds is 11. The van der Waals surface area contributed by atoms with Crippen LogP contribution in [0.2, 0.25) is 0 Å². The Hall–Kier alpha value is -3.35. The van der Waals surface area contributed by atoms with Crippen LogP contribution in [0, 0.1) is 5.41 Å². The first-order valence-corrected chi connectivity index (χ1v) is 10.6. The van der Waals surface area contributed by atoms with Crippen molar-refractivity contribution in [1.82, 2.24) is 10.6 Å². The van der Waals surface area contributed by atoms with Crippen LogP contribution in [-0.4, -0.2) is 43.0 Å². The average Bonchev–Trinajstić information content (AvgIpc) is 2.71. The molecule has 0 fully saturated rings. The summed E-state index contributed by atoms with van der Waals surface area (Å²) in [6.07, 6.45) is 0.236. The van der Waals surface area contributed by atoms with E-state index in [1.165, 1.54) is 0 Å². The van der Waals surface area contributed by atoms with Gasteiger partial charge in [-0.25, -0.2) is 0 Å². The Kier molecular flexibility index (Phi) is 8.81. The molecule has 0 heterocycles. The molecule has 0 aromatic heterocycles. The molecule has 0 aliphatic rings. The third-order valence-corrected chi connectivity index (χ3v) is 5.12. The van der Waals surface area contributed by atoms with E-state index in [-0.39, 0.29) is 24.7 Å². The highest BCUT2D eigenvalue weighted by atomic mass is 16.4. The number of aliphatic carboxylic acids is 1. The summed E-state index contributed by atoms with van der Waals surface area (Å²) >= 11 is 0. The molecule has 0 bridgehead atoms. The van der Waals surface area contributed by atoms with Crippen molar-refractivity contribution in [3.63, 3.8) is 0 Å². The Morgan fingerprint density at radius 2 is 1.56 bits per heavy atom. The molecule has 7 heteroatoms. The molecule has 172 valence electrons. The molecule has 32 heavy (non-hydrogen) atoms. The van der Waals surface area contributed by atoms with Gasteiger partial charge in [-0.2, -0.15) is 0 Å². The van der Waals surface area contributed by atoms with Crippen LogP contribution in [0.5, 0.6) is 0 Å². The number of nitrogens with zero attached hydrogens (tertiary/aromatic N) is 1. The number of hydrogen-bond acceptors (Lipinski definition) is 4. The van der Waals surface area contributed by atoms with Gasteiger partial charge in [0.25, 0.3) is 0 Å². The van der Waals surface area contributed by atoms with Crippen molar-refractivity contribution in [2.24, 2.45) is 5.41 Å². The normalized spacial score (nSPS) is 12.0. The van der Waals surface area contributed by atoms with Gasteiger partial charge in [0, 0.05) is 39.2 Å². The highest BCUT2D eigenvalue weighted by Crippen LogP contribution is 2.25. The maximum atomic E-state index is 12.9. The van der Waals surface area contributed by atoms with Crippen molar-refractivity contribution in [1.29, 1.82) is 0 Å². The van der Waals surface area contributed by atoms with Crippen molar-refractivity contribution in [3.05, 3.63) is 65.7 Å². The van der Waals surface area contributed by atoms with Crippen LogP contribution in [0.25, 0.3) is 0 Å². The number of carbonyl (C=O) groups is 3. The molecule has 0 aliphatic carbocycles. The quantitative estimate of drug-likeness (QED) is 0.500. The predicted molar refractivity (Wildman–Crippen MR) is 125 cm³/mol. The predicted octanol–water partition coefficient (Wildman–Crippen LogP) is 2.99. The molecule has 2 amide bonds. The maximum Gasteiger partial charge on any atom is 0.303 e. The van der Waals surface area contributed by atoms with Gasteiger partial charge in [-0.05, 0) is 28.7 Å². The molecule has 0 unspecified atom stereocenters. The largest absolute Gasteiger partial charge is 0.481 e. The van der Waals surface area contributed by atoms with Gasteiger partial charge in [-0.15, -0.1) is 0 Å². The Morgan fingerprint density at radius 1 is 0.938 bits per heavy atom. The van der Waals surface area contributed by atoms with Crippen molar-refractivity contribution in [2.45, 2.75) is 45.7 Å². The average molecular weight is 440 g/mol. The van der Waals surface area contributed by atoms with E-state index in [1.54, 1.807) is 13.8 Å². The molecule has 0 aliphatic heterocycles. The number of carbonyl (C=O) groups excluding carboxylic acids is 2. The van der Waals surface area contributed by atoms with E-state index in [9.17, 15) is 14.4 Å². The van der Waals surface area contributed by atoms with Gasteiger partial charge in [-0.3, -0.25) is 14.4 Å². The summed E-state index contributed by atoms with van der Waals surface area (Å²) < 4.78 is 0. The van der Waals surface area contributed by atoms with Crippen molar-refractivity contribution >= 4 is 23.5 Å². The Morgan fingerprint density at radius 3 is 2.12 bits per heavy atom. The van der Waals surface area contributed by atoms with E-state index in [0.29, 0.717) is 13.0 Å². The first kappa shape index (κ1) is 24.9. The first-order valence-electron chi connectivity index (χ1n) is 10.6. The second-order valence-corrected chi connectivity index (χ2v) is 9.00. The van der Waals surface area contributed by atoms with Gasteiger partial charge in [0.15, 0.2) is 0 Å². The molecule has 3 N–H and O–H groups in total. The second-order valence-electron chi connectivity index (χ2n) is 9.00. The molecule has 2 rings (SSSR count). The molecule has 0 saturated heterocycles. The SMILES string of the molecule is CN(C)c1ccc(CNC(=O)[C@@H](Cc2ccccc2)NC(=O)CC(C)(C)CC(=O)O)cc1. The monoisotopic (exact) mass is 439 g/mol. The minimum Gasteiger partial charge on any atom is -0.481 e. The summed E-state index contributed by atoms with van der Waals surface area (Å²) in [6.45, 7) is 3.80. The molecule has 2 aromatic carbocycles. The summed E-state index contributed by atoms with van der Waals surface area (Å²) in [6, 6.07) is 16.6. The zero-order chi connectivity index (χ0) is 23.7. The van der Waals surface area contributed by atoms with Crippen LogP contribution >= 0.6 is 0 Å². The third kappa shape index (κ3) is 8.41. The first-order chi connectivity index (χ1) is 15.1. The zero-order valence-electron chi connectivity index (χ0n) is 19.2. The standard InChI is InChI=1S/C25H33N3O4/c1-25(2,16-23(30)31)15-22(29)27-21(14-18-8-6-5-7-9-18)24(32)26-17-19-10-12-20(13-11-19)28(3)4/h5-13,21H,14-17H2,1-4H3,(H,26,32)(H,27,29)(H,30,31)/t21-/m1/s1. The minimum atomic E-state index is -0.957. The van der Waals surface area contributed by atoms with E-state index < -0.39 is 17.4 Å². The zero-order valence-corrected chi connectivity index (χ0v) is 19.2. The number of nitrogens with one attached hydrogen (secondary N) is 2. The van der Waals surface area contributed by atoms with Crippen LogP contribution in [0.3, 0.4) is 0 Å². The van der Waals surface area contributed by atoms with Gasteiger partial charge in [-0.1, -0.05) is 56.3 Å². The fourth-order valence-corrected chi connectivity index (χ4v) is 3.44. The number of hydrogen-bond donors (Lipinski definition) is 3. The lowest BCUT2D eigenvalue weighted by Gasteiger charge is -2.24. The molecule has 0 spiro atoms. The van der Waals surface area contributed by atoms with Gasteiger partial charge in [0.2, 0.25) is 11.8 Å². The molecule has 7 nitrogen and oxygen atoms in total. The molecule has 0 radical (unpaired) electrons. The lowest BCUT2D eigenvalue weighted by atomic mass is 9.85. The summed E-state index contributed by atoms with van der Waals surface area (Å²) in [5.74, 6) is -1.58. The maximum absolute atomic E-state index is 12.9. The molecular weight excluding hydrogens is 406 g/mol. The number of anilines is 1. The van der Waals surface area contributed by atoms with Crippen LogP contribution in [0.15, 0.2) is 54.6 Å². The Balaban J connectivity index is 2.05. The summed E-state index contributed by atoms with van der Waals surface area (Å²) in [5.41, 5.74) is 2.24. The van der Waals surface area contributed by atoms with Crippen LogP contribution in [0.1, 0.15) is 37.8 Å². The fourth-order valence-electron chi connectivity index (χ4n) is 3.44. The van der Waals surface area contributed by atoms with E-state index in [4.69, 9.17) is 5.11 Å². The molecular formula is C25H33N3O4. The van der Waals surface area contributed by atoms with E-state index in [0.717, 1.165) is 16.8 Å². The Labute approximate surface area is 189 Å². The lowest BCUT2D eigenvalue weighted by molar-refractivity contribution is -0.140. The van der Waals surface area contributed by atoms with Gasteiger partial charge in [0.05, 0.1) is 6.42 Å². The second kappa shape index (κ2) is 11.3.